The van der Waals surface area contributed by atoms with Crippen LogP contribution in [0.3, 0.4) is 0 Å². The molecule has 1 nitrogen and oxygen atoms in total. The molecular weight excluding hydrogens is 326 g/mol. The van der Waals surface area contributed by atoms with Crippen molar-refractivity contribution in [3.63, 3.8) is 0 Å². The molecule has 96 valence electrons. The Kier molecular flexibility index (Phi) is 7.63. The summed E-state index contributed by atoms with van der Waals surface area (Å²) in [4.78, 5) is 0. The third-order valence-corrected chi connectivity index (χ3v) is 18.6. The summed E-state index contributed by atoms with van der Waals surface area (Å²) in [6, 6.07) is 0. The number of aliphatic hydroxyl groups is 1. The molecule has 0 fully saturated rings. The quantitative estimate of drug-likeness (QED) is 0.631. The van der Waals surface area contributed by atoms with Crippen molar-refractivity contribution in [2.45, 2.75) is 67.9 Å². The van der Waals surface area contributed by atoms with Gasteiger partial charge in [-0.2, -0.15) is 0 Å². The van der Waals surface area contributed by atoms with Crippen molar-refractivity contribution in [1.29, 1.82) is 0 Å². The van der Waals surface area contributed by atoms with Crippen LogP contribution in [-0.4, -0.2) is 28.0 Å². The Hall–Kier alpha value is 0.789. The van der Waals surface area contributed by atoms with Crippen molar-refractivity contribution in [3.8, 4) is 0 Å². The van der Waals surface area contributed by atoms with E-state index in [-0.39, 0.29) is 0 Å². The number of hydrogen-bond acceptors (Lipinski definition) is 1. The monoisotopic (exact) mass is 354 g/mol. The Balaban J connectivity index is 4.70. The van der Waals surface area contributed by atoms with Gasteiger partial charge in [-0.3, -0.25) is 0 Å². The minimum atomic E-state index is -2.81. The van der Waals surface area contributed by atoms with Crippen LogP contribution in [0.5, 0.6) is 0 Å². The van der Waals surface area contributed by atoms with Gasteiger partial charge in [-0.1, -0.05) is 0 Å². The second-order valence-corrected chi connectivity index (χ2v) is 20.2. The number of rotatable bonds is 8. The minimum absolute atomic E-state index is 0.792. The number of unbranched alkanes of at least 4 members (excludes halogenated alkanes) is 2. The molecule has 1 N–H and O–H groups in total. The summed E-state index contributed by atoms with van der Waals surface area (Å²) in [5.74, 6) is 0. The van der Waals surface area contributed by atoms with Gasteiger partial charge in [0.15, 0.2) is 0 Å². The molecule has 3 heteroatoms. The summed E-state index contributed by atoms with van der Waals surface area (Å²) >= 11 is -2.81. The summed E-state index contributed by atoms with van der Waals surface area (Å²) < 4.78 is 3.22. The zero-order valence-corrected chi connectivity index (χ0v) is 14.9. The van der Waals surface area contributed by atoms with Crippen molar-refractivity contribution in [2.75, 3.05) is 0 Å². The van der Waals surface area contributed by atoms with Crippen molar-refractivity contribution in [2.24, 2.45) is 0 Å². The predicted octanol–water partition coefficient (Wildman–Crippen LogP) is 4.64. The molecule has 0 heterocycles. The van der Waals surface area contributed by atoms with Crippen LogP contribution in [0.1, 0.15) is 53.4 Å². The normalized spacial score (nSPS) is 12.9. The summed E-state index contributed by atoms with van der Waals surface area (Å²) in [5.41, 5.74) is -0.792. The van der Waals surface area contributed by atoms with Crippen molar-refractivity contribution in [1.82, 2.24) is 0 Å². The summed E-state index contributed by atoms with van der Waals surface area (Å²) in [6.07, 6.45) is 4.71. The van der Waals surface area contributed by atoms with Gasteiger partial charge >= 0.3 is 109 Å². The van der Waals surface area contributed by atoms with E-state index in [0.29, 0.717) is 0 Å². The molecule has 0 aliphatic rings. The summed E-state index contributed by atoms with van der Waals surface area (Å²) in [5, 5.41) is 10.1. The molecule has 0 aromatic carbocycles. The maximum atomic E-state index is 10.1. The molecule has 16 heavy (non-hydrogen) atoms. The first-order chi connectivity index (χ1) is 7.28. The Morgan fingerprint density at radius 2 is 1.56 bits per heavy atom. The van der Waals surface area contributed by atoms with Crippen LogP contribution in [0.25, 0.3) is 0 Å². The molecular formula is C13H27ClOSn. The van der Waals surface area contributed by atoms with E-state index in [4.69, 9.17) is 8.92 Å². The van der Waals surface area contributed by atoms with E-state index >= 15 is 0 Å². The second kappa shape index (κ2) is 7.27. The molecule has 0 spiro atoms. The van der Waals surface area contributed by atoms with E-state index in [1.54, 1.807) is 0 Å². The second-order valence-electron chi connectivity index (χ2n) is 5.21. The molecule has 0 saturated heterocycles. The Morgan fingerprint density at radius 1 is 1.19 bits per heavy atom. The SMILES string of the molecule is C=[C](C(C)(C)O)[Sn]([Cl])([CH2]CCC)[CH2]CCC. The molecule has 0 saturated carbocycles. The van der Waals surface area contributed by atoms with Crippen LogP contribution in [0, 0.1) is 0 Å². The first-order valence-electron chi connectivity index (χ1n) is 6.39. The van der Waals surface area contributed by atoms with E-state index in [1.807, 2.05) is 13.8 Å². The van der Waals surface area contributed by atoms with E-state index in [9.17, 15) is 5.11 Å². The van der Waals surface area contributed by atoms with Crippen molar-refractivity contribution < 1.29 is 5.11 Å². The topological polar surface area (TPSA) is 20.2 Å². The first-order valence-corrected chi connectivity index (χ1v) is 15.5. The Bertz CT molecular complexity index is 212. The van der Waals surface area contributed by atoms with Crippen LogP contribution in [0.4, 0.5) is 0 Å². The fourth-order valence-electron chi connectivity index (χ4n) is 1.89. The zero-order chi connectivity index (χ0) is 12.8. The van der Waals surface area contributed by atoms with Gasteiger partial charge in [0.25, 0.3) is 0 Å². The molecule has 0 amide bonds. The van der Waals surface area contributed by atoms with Crippen LogP contribution in [0.2, 0.25) is 8.87 Å². The molecule has 0 atom stereocenters. The zero-order valence-electron chi connectivity index (χ0n) is 11.3. The van der Waals surface area contributed by atoms with Crippen molar-refractivity contribution in [3.05, 3.63) is 10.2 Å². The van der Waals surface area contributed by atoms with Crippen LogP contribution < -0.4 is 0 Å². The van der Waals surface area contributed by atoms with Crippen molar-refractivity contribution >= 4 is 26.2 Å². The van der Waals surface area contributed by atoms with E-state index < -0.39 is 22.9 Å². The third-order valence-electron chi connectivity index (χ3n) is 3.13. The number of hydrogen-bond donors (Lipinski definition) is 1. The number of halogens is 1. The molecule has 0 aromatic heterocycles. The van der Waals surface area contributed by atoms with Gasteiger partial charge in [0.1, 0.15) is 0 Å². The van der Waals surface area contributed by atoms with E-state index in [0.717, 1.165) is 12.5 Å². The van der Waals surface area contributed by atoms with Gasteiger partial charge in [0, 0.05) is 0 Å². The molecule has 0 radical (unpaired) electrons. The summed E-state index contributed by atoms with van der Waals surface area (Å²) in [6.45, 7) is 12.1. The van der Waals surface area contributed by atoms with Crippen LogP contribution >= 0.6 is 8.92 Å². The van der Waals surface area contributed by atoms with Crippen LogP contribution in [0.15, 0.2) is 10.2 Å². The molecule has 0 aliphatic heterocycles. The first kappa shape index (κ1) is 16.8. The molecule has 0 bridgehead atoms. The van der Waals surface area contributed by atoms with Gasteiger partial charge in [0.2, 0.25) is 0 Å². The average molecular weight is 354 g/mol. The fraction of sp³-hybridized carbons (Fsp3) is 0.846. The predicted molar refractivity (Wildman–Crippen MR) is 76.5 cm³/mol. The molecule has 0 aromatic rings. The average Bonchev–Trinajstić information content (AvgIpc) is 2.21. The van der Waals surface area contributed by atoms with Gasteiger partial charge in [-0.25, -0.2) is 0 Å². The standard InChI is InChI=1S/C5H9O.2C4H9.ClH.Sn/c1-4-5(2,3)6;2*1-3-4-2;;/h6H,1H2,2-3H3;2*1,3-4H2,2H3;1H;/q;;;;+1/p-1. The van der Waals surface area contributed by atoms with Gasteiger partial charge in [0.05, 0.1) is 0 Å². The third kappa shape index (κ3) is 5.41. The van der Waals surface area contributed by atoms with Crippen LogP contribution in [-0.2, 0) is 0 Å². The molecule has 0 aliphatic carbocycles. The van der Waals surface area contributed by atoms with E-state index in [1.165, 1.54) is 25.7 Å². The molecule has 0 unspecified atom stereocenters. The fourth-order valence-corrected chi connectivity index (χ4v) is 16.0. The van der Waals surface area contributed by atoms with E-state index in [2.05, 4.69) is 20.4 Å². The van der Waals surface area contributed by atoms with Gasteiger partial charge in [-0.15, -0.1) is 0 Å². The Morgan fingerprint density at radius 3 is 1.81 bits per heavy atom. The van der Waals surface area contributed by atoms with Gasteiger partial charge in [-0.05, 0) is 0 Å². The maximum absolute atomic E-state index is 10.1. The van der Waals surface area contributed by atoms with Gasteiger partial charge < -0.3 is 0 Å². The summed E-state index contributed by atoms with van der Waals surface area (Å²) in [7, 11) is 6.88. The Labute approximate surface area is 109 Å². The molecule has 0 rings (SSSR count).